The molecule has 6 heteroatoms. The Morgan fingerprint density at radius 1 is 0.367 bits per heavy atom. The zero-order valence-electron chi connectivity index (χ0n) is 24.8. The highest BCUT2D eigenvalue weighted by molar-refractivity contribution is 6.80. The van der Waals surface area contributed by atoms with Crippen LogP contribution in [-0.2, 0) is 8.85 Å². The van der Waals surface area contributed by atoms with Crippen molar-refractivity contribution in [2.45, 2.75) is 155 Å². The predicted octanol–water partition coefficient (Wildman–Crippen LogP) is 9.47. The lowest BCUT2D eigenvalue weighted by Gasteiger charge is -2.51. The molecule has 0 spiro atoms. The summed E-state index contributed by atoms with van der Waals surface area (Å²) in [5.41, 5.74) is -0.0239. The van der Waals surface area contributed by atoms with Crippen LogP contribution in [0.1, 0.15) is 55.4 Å². The Bertz CT molecular complexity index is 488. The second-order valence-electron chi connectivity index (χ2n) is 15.2. The molecule has 184 valence electrons. The smallest absolute Gasteiger partial charge is 0.184 e. The van der Waals surface area contributed by atoms with Crippen molar-refractivity contribution >= 4 is 32.8 Å². The Hall–Kier alpha value is 0.788. The molecular weight excluding hydrogens is 433 g/mol. The minimum Gasteiger partial charge on any atom is -0.412 e. The maximum Gasteiger partial charge on any atom is 0.184 e. The van der Waals surface area contributed by atoms with Crippen LogP contribution < -0.4 is 0 Å². The fraction of sp³-hybridized carbons (Fsp3) is 1.00. The van der Waals surface area contributed by atoms with Crippen molar-refractivity contribution in [3.8, 4) is 0 Å². The molecule has 0 aliphatic heterocycles. The summed E-state index contributed by atoms with van der Waals surface area (Å²) < 4.78 is 12.8. The Morgan fingerprint density at radius 3 is 0.633 bits per heavy atom. The van der Waals surface area contributed by atoms with Crippen molar-refractivity contribution in [3.63, 3.8) is 0 Å². The highest BCUT2D eigenvalue weighted by atomic mass is 28.4. The monoisotopic (exact) mass is 492 g/mol. The van der Waals surface area contributed by atoms with Gasteiger partial charge >= 0.3 is 0 Å². The number of rotatable bonds is 8. The molecule has 0 aromatic heterocycles. The van der Waals surface area contributed by atoms with E-state index < -0.39 is 32.8 Å². The molecule has 0 aromatic carbocycles. The van der Waals surface area contributed by atoms with Gasteiger partial charge in [-0.05, 0) is 77.1 Å². The van der Waals surface area contributed by atoms with Gasteiger partial charge in [0.1, 0.15) is 0 Å². The van der Waals surface area contributed by atoms with Crippen LogP contribution in [0.25, 0.3) is 0 Å². The fourth-order valence-corrected chi connectivity index (χ4v) is 11.1. The molecule has 0 saturated carbocycles. The van der Waals surface area contributed by atoms with Crippen molar-refractivity contribution in [3.05, 3.63) is 0 Å². The van der Waals surface area contributed by atoms with E-state index in [4.69, 9.17) is 8.85 Å². The third-order valence-electron chi connectivity index (χ3n) is 7.88. The van der Waals surface area contributed by atoms with E-state index in [0.29, 0.717) is 10.1 Å². The van der Waals surface area contributed by atoms with Gasteiger partial charge in [0, 0.05) is 0 Å². The first kappa shape index (κ1) is 33.0. The molecule has 2 nitrogen and oxygen atoms in total. The molecule has 0 aliphatic rings. The molecular formula is C24H60O2Si4. The maximum atomic E-state index is 6.39. The SMILES string of the molecule is CC(C)(O[Si](C)(C)C)C(C)(C)[Si](C)(C)C.CC(C)(O[Si](C)(C)C)C(C)(C)[Si](C)(C)C. The van der Waals surface area contributed by atoms with Crippen molar-refractivity contribution < 1.29 is 8.85 Å². The zero-order chi connectivity index (χ0) is 25.4. The minimum absolute atomic E-state index is 0.0120. The quantitative estimate of drug-likeness (QED) is 0.314. The molecule has 0 fully saturated rings. The highest BCUT2D eigenvalue weighted by Crippen LogP contribution is 2.50. The van der Waals surface area contributed by atoms with Gasteiger partial charge in [-0.15, -0.1) is 0 Å². The van der Waals surface area contributed by atoms with Gasteiger partial charge in [-0.1, -0.05) is 67.0 Å². The second kappa shape index (κ2) is 9.57. The van der Waals surface area contributed by atoms with Crippen LogP contribution in [-0.4, -0.2) is 44.0 Å². The maximum absolute atomic E-state index is 6.39. The standard InChI is InChI=1S/2C12H30OSi2/c2*1-11(2,13-15(8,9)10)12(3,4)14(5,6)7/h2*1-10H3. The lowest BCUT2D eigenvalue weighted by molar-refractivity contribution is 0.0564. The summed E-state index contributed by atoms with van der Waals surface area (Å²) in [6.07, 6.45) is 0. The third kappa shape index (κ3) is 9.34. The lowest BCUT2D eigenvalue weighted by atomic mass is 9.93. The van der Waals surface area contributed by atoms with Crippen molar-refractivity contribution in [2.75, 3.05) is 0 Å². The summed E-state index contributed by atoms with van der Waals surface area (Å²) in [4.78, 5) is 0. The molecule has 0 saturated heterocycles. The average molecular weight is 493 g/mol. The topological polar surface area (TPSA) is 18.5 Å². The van der Waals surface area contributed by atoms with Gasteiger partial charge in [0.15, 0.2) is 16.6 Å². The van der Waals surface area contributed by atoms with Gasteiger partial charge in [-0.3, -0.25) is 0 Å². The lowest BCUT2D eigenvalue weighted by Crippen LogP contribution is -2.54. The van der Waals surface area contributed by atoms with Gasteiger partial charge in [0.2, 0.25) is 0 Å². The first-order valence-corrected chi connectivity index (χ1v) is 25.6. The first-order chi connectivity index (χ1) is 12.4. The van der Waals surface area contributed by atoms with Crippen LogP contribution in [0.3, 0.4) is 0 Å². The van der Waals surface area contributed by atoms with E-state index in [1.54, 1.807) is 0 Å². The van der Waals surface area contributed by atoms with Crippen LogP contribution in [0, 0.1) is 0 Å². The summed E-state index contributed by atoms with van der Waals surface area (Å²) in [6, 6.07) is 0. The predicted molar refractivity (Wildman–Crippen MR) is 152 cm³/mol. The summed E-state index contributed by atoms with van der Waals surface area (Å²) >= 11 is 0. The Balaban J connectivity index is 0. The highest BCUT2D eigenvalue weighted by Gasteiger charge is 2.49. The van der Waals surface area contributed by atoms with E-state index in [1.807, 2.05) is 0 Å². The van der Waals surface area contributed by atoms with E-state index in [1.165, 1.54) is 0 Å². The number of hydrogen-bond acceptors (Lipinski definition) is 2. The van der Waals surface area contributed by atoms with Gasteiger partial charge < -0.3 is 8.85 Å². The molecule has 0 bridgehead atoms. The van der Waals surface area contributed by atoms with Crippen molar-refractivity contribution in [2.24, 2.45) is 0 Å². The molecule has 30 heavy (non-hydrogen) atoms. The number of hydrogen-bond donors (Lipinski definition) is 0. The molecule has 0 N–H and O–H groups in total. The summed E-state index contributed by atoms with van der Waals surface area (Å²) in [5.74, 6) is 0. The van der Waals surface area contributed by atoms with Gasteiger partial charge in [0.25, 0.3) is 0 Å². The van der Waals surface area contributed by atoms with Crippen LogP contribution in [0.4, 0.5) is 0 Å². The average Bonchev–Trinajstić information content (AvgIpc) is 2.29. The Morgan fingerprint density at radius 2 is 0.533 bits per heavy atom. The van der Waals surface area contributed by atoms with Gasteiger partial charge in [0.05, 0.1) is 27.3 Å². The fourth-order valence-electron chi connectivity index (χ4n) is 3.59. The Labute approximate surface area is 196 Å². The molecule has 0 amide bonds. The van der Waals surface area contributed by atoms with E-state index in [2.05, 4.69) is 134 Å². The van der Waals surface area contributed by atoms with E-state index in [-0.39, 0.29) is 11.2 Å². The van der Waals surface area contributed by atoms with Gasteiger partial charge in [-0.25, -0.2) is 0 Å². The molecule has 0 atom stereocenters. The van der Waals surface area contributed by atoms with Crippen molar-refractivity contribution in [1.82, 2.24) is 0 Å². The normalized spacial score (nSPS) is 15.6. The largest absolute Gasteiger partial charge is 0.412 e. The molecule has 0 aliphatic carbocycles. The minimum atomic E-state index is -1.46. The van der Waals surface area contributed by atoms with Crippen molar-refractivity contribution in [1.29, 1.82) is 0 Å². The van der Waals surface area contributed by atoms with E-state index >= 15 is 0 Å². The van der Waals surface area contributed by atoms with Crippen LogP contribution in [0.5, 0.6) is 0 Å². The zero-order valence-corrected chi connectivity index (χ0v) is 28.8. The molecule has 0 radical (unpaired) electrons. The summed E-state index contributed by atoms with van der Waals surface area (Å²) in [6.45, 7) is 46.8. The molecule has 0 heterocycles. The molecule has 0 rings (SSSR count). The summed E-state index contributed by atoms with van der Waals surface area (Å²) in [5, 5.41) is 0.584. The third-order valence-corrected chi connectivity index (χ3v) is 18.8. The second-order valence-corrected chi connectivity index (χ2v) is 35.6. The van der Waals surface area contributed by atoms with E-state index in [0.717, 1.165) is 0 Å². The summed E-state index contributed by atoms with van der Waals surface area (Å²) in [7, 11) is -5.36. The van der Waals surface area contributed by atoms with Crippen LogP contribution in [0.2, 0.25) is 88.6 Å². The van der Waals surface area contributed by atoms with Crippen LogP contribution in [0.15, 0.2) is 0 Å². The Kier molecular flexibility index (Phi) is 10.5. The van der Waals surface area contributed by atoms with E-state index in [9.17, 15) is 0 Å². The molecule has 0 unspecified atom stereocenters. The van der Waals surface area contributed by atoms with Gasteiger partial charge in [-0.2, -0.15) is 0 Å². The van der Waals surface area contributed by atoms with Crippen LogP contribution >= 0.6 is 0 Å². The molecule has 0 aromatic rings. The first-order valence-electron chi connectivity index (χ1n) is 11.8.